The molecule has 0 bridgehead atoms. The number of ether oxygens (including phenoxy) is 1. The summed E-state index contributed by atoms with van der Waals surface area (Å²) in [6, 6.07) is 0. The number of hydrogen-bond acceptors (Lipinski definition) is 3. The average molecular weight is 222 g/mol. The molecular weight excluding hydrogens is 204 g/mol. The SMILES string of the molecule is C\C=C(/C=C(C)/C=C/CCC=O)C(=O)OC. The number of aldehydes is 1. The lowest BCUT2D eigenvalue weighted by Gasteiger charge is -1.99. The summed E-state index contributed by atoms with van der Waals surface area (Å²) in [6.07, 6.45) is 9.38. The average Bonchev–Trinajstić information content (AvgIpc) is 2.30. The van der Waals surface area contributed by atoms with Gasteiger partial charge in [0.25, 0.3) is 0 Å². The molecule has 0 aromatic rings. The fourth-order valence-corrected chi connectivity index (χ4v) is 1.10. The third kappa shape index (κ3) is 5.96. The first-order valence-corrected chi connectivity index (χ1v) is 5.18. The molecule has 0 radical (unpaired) electrons. The maximum absolute atomic E-state index is 11.2. The van der Waals surface area contributed by atoms with Gasteiger partial charge in [0.2, 0.25) is 0 Å². The van der Waals surface area contributed by atoms with E-state index in [0.29, 0.717) is 12.0 Å². The van der Waals surface area contributed by atoms with Crippen molar-refractivity contribution in [3.05, 3.63) is 35.5 Å². The molecule has 0 aliphatic rings. The summed E-state index contributed by atoms with van der Waals surface area (Å²) in [5, 5.41) is 0. The molecule has 0 aromatic carbocycles. The lowest BCUT2D eigenvalue weighted by atomic mass is 10.1. The van der Waals surface area contributed by atoms with Gasteiger partial charge >= 0.3 is 5.97 Å². The third-order valence-electron chi connectivity index (χ3n) is 1.95. The van der Waals surface area contributed by atoms with Crippen LogP contribution in [0.25, 0.3) is 0 Å². The van der Waals surface area contributed by atoms with Gasteiger partial charge in [-0.1, -0.05) is 23.8 Å². The Hall–Kier alpha value is -1.64. The van der Waals surface area contributed by atoms with E-state index in [1.54, 1.807) is 19.1 Å². The van der Waals surface area contributed by atoms with Crippen molar-refractivity contribution in [1.82, 2.24) is 0 Å². The van der Waals surface area contributed by atoms with E-state index in [1.807, 2.05) is 19.1 Å². The Kier molecular flexibility index (Phi) is 7.76. The van der Waals surface area contributed by atoms with Crippen molar-refractivity contribution in [2.75, 3.05) is 7.11 Å². The molecule has 0 rings (SSSR count). The van der Waals surface area contributed by atoms with Gasteiger partial charge in [-0.25, -0.2) is 4.79 Å². The molecule has 0 saturated carbocycles. The third-order valence-corrected chi connectivity index (χ3v) is 1.95. The molecular formula is C13H18O3. The standard InChI is InChI=1S/C13H18O3/c1-4-12(13(15)16-3)10-11(2)8-6-5-7-9-14/h4,6,8-10H,5,7H2,1-3H3/b8-6+,11-10+,12-4+. The number of esters is 1. The van der Waals surface area contributed by atoms with Gasteiger partial charge in [0.05, 0.1) is 12.7 Å². The van der Waals surface area contributed by atoms with Crippen LogP contribution in [0.15, 0.2) is 35.5 Å². The second kappa shape index (κ2) is 8.65. The normalized spacial score (nSPS) is 12.9. The van der Waals surface area contributed by atoms with Gasteiger partial charge in [-0.3, -0.25) is 0 Å². The highest BCUT2D eigenvalue weighted by atomic mass is 16.5. The molecule has 3 heteroatoms. The Labute approximate surface area is 96.5 Å². The van der Waals surface area contributed by atoms with Gasteiger partial charge in [-0.05, 0) is 26.3 Å². The Morgan fingerprint density at radius 2 is 2.00 bits per heavy atom. The molecule has 0 amide bonds. The lowest BCUT2D eigenvalue weighted by Crippen LogP contribution is -2.02. The van der Waals surface area contributed by atoms with Crippen molar-refractivity contribution in [1.29, 1.82) is 0 Å². The summed E-state index contributed by atoms with van der Waals surface area (Å²) in [6.45, 7) is 3.68. The lowest BCUT2D eigenvalue weighted by molar-refractivity contribution is -0.135. The van der Waals surface area contributed by atoms with Gasteiger partial charge in [0, 0.05) is 6.42 Å². The van der Waals surface area contributed by atoms with Crippen LogP contribution in [0.2, 0.25) is 0 Å². The minimum absolute atomic E-state index is 0.344. The van der Waals surface area contributed by atoms with Gasteiger partial charge < -0.3 is 9.53 Å². The van der Waals surface area contributed by atoms with Crippen LogP contribution in [0, 0.1) is 0 Å². The summed E-state index contributed by atoms with van der Waals surface area (Å²) in [5.74, 6) is -0.344. The zero-order valence-electron chi connectivity index (χ0n) is 10.0. The minimum Gasteiger partial charge on any atom is -0.465 e. The zero-order valence-corrected chi connectivity index (χ0v) is 10.0. The quantitative estimate of drug-likeness (QED) is 0.228. The number of carbonyl (C=O) groups excluding carboxylic acids is 2. The number of carbonyl (C=O) groups is 2. The van der Waals surface area contributed by atoms with Crippen molar-refractivity contribution in [3.63, 3.8) is 0 Å². The molecule has 0 saturated heterocycles. The molecule has 0 aromatic heterocycles. The van der Waals surface area contributed by atoms with Gasteiger partial charge in [-0.2, -0.15) is 0 Å². The monoisotopic (exact) mass is 222 g/mol. The van der Waals surface area contributed by atoms with Crippen LogP contribution >= 0.6 is 0 Å². The smallest absolute Gasteiger partial charge is 0.337 e. The molecule has 16 heavy (non-hydrogen) atoms. The van der Waals surface area contributed by atoms with Gasteiger partial charge in [-0.15, -0.1) is 0 Å². The topological polar surface area (TPSA) is 43.4 Å². The molecule has 0 atom stereocenters. The maximum atomic E-state index is 11.2. The van der Waals surface area contributed by atoms with Crippen LogP contribution in [-0.4, -0.2) is 19.4 Å². The van der Waals surface area contributed by atoms with Crippen LogP contribution < -0.4 is 0 Å². The van der Waals surface area contributed by atoms with Gasteiger partial charge in [0.1, 0.15) is 6.29 Å². The van der Waals surface area contributed by atoms with Crippen molar-refractivity contribution >= 4 is 12.3 Å². The van der Waals surface area contributed by atoms with E-state index in [4.69, 9.17) is 0 Å². The van der Waals surface area contributed by atoms with Crippen molar-refractivity contribution in [2.24, 2.45) is 0 Å². The number of methoxy groups -OCH3 is 1. The predicted octanol–water partition coefficient (Wildman–Crippen LogP) is 2.59. The number of allylic oxidation sites excluding steroid dienone is 4. The van der Waals surface area contributed by atoms with Crippen molar-refractivity contribution in [2.45, 2.75) is 26.7 Å². The van der Waals surface area contributed by atoms with Crippen LogP contribution in [0.3, 0.4) is 0 Å². The van der Waals surface area contributed by atoms with Crippen LogP contribution in [0.4, 0.5) is 0 Å². The Morgan fingerprint density at radius 3 is 2.50 bits per heavy atom. The fourth-order valence-electron chi connectivity index (χ4n) is 1.10. The Balaban J connectivity index is 4.45. The van der Waals surface area contributed by atoms with Crippen molar-refractivity contribution < 1.29 is 14.3 Å². The Bertz CT molecular complexity index is 322. The van der Waals surface area contributed by atoms with E-state index in [-0.39, 0.29) is 5.97 Å². The van der Waals surface area contributed by atoms with Crippen LogP contribution in [0.5, 0.6) is 0 Å². The molecule has 0 N–H and O–H groups in total. The second-order valence-electron chi connectivity index (χ2n) is 3.27. The Morgan fingerprint density at radius 1 is 1.31 bits per heavy atom. The second-order valence-corrected chi connectivity index (χ2v) is 3.27. The molecule has 3 nitrogen and oxygen atoms in total. The van der Waals surface area contributed by atoms with Gasteiger partial charge in [0.15, 0.2) is 0 Å². The highest BCUT2D eigenvalue weighted by Crippen LogP contribution is 2.06. The summed E-state index contributed by atoms with van der Waals surface area (Å²) >= 11 is 0. The number of unbranched alkanes of at least 4 members (excludes halogenated alkanes) is 1. The van der Waals surface area contributed by atoms with E-state index in [2.05, 4.69) is 4.74 Å². The highest BCUT2D eigenvalue weighted by Gasteiger charge is 2.04. The number of hydrogen-bond donors (Lipinski definition) is 0. The summed E-state index contributed by atoms with van der Waals surface area (Å²) in [5.41, 5.74) is 1.48. The molecule has 0 spiro atoms. The van der Waals surface area contributed by atoms with E-state index in [0.717, 1.165) is 18.3 Å². The van der Waals surface area contributed by atoms with Crippen LogP contribution in [0.1, 0.15) is 26.7 Å². The molecule has 0 unspecified atom stereocenters. The summed E-state index contributed by atoms with van der Waals surface area (Å²) in [7, 11) is 1.36. The van der Waals surface area contributed by atoms with E-state index in [9.17, 15) is 9.59 Å². The maximum Gasteiger partial charge on any atom is 0.337 e. The number of rotatable bonds is 6. The van der Waals surface area contributed by atoms with Crippen LogP contribution in [-0.2, 0) is 14.3 Å². The molecule has 88 valence electrons. The fraction of sp³-hybridized carbons (Fsp3) is 0.385. The molecule has 0 heterocycles. The van der Waals surface area contributed by atoms with E-state index in [1.165, 1.54) is 7.11 Å². The first-order valence-electron chi connectivity index (χ1n) is 5.18. The molecule has 0 fully saturated rings. The van der Waals surface area contributed by atoms with Crippen molar-refractivity contribution in [3.8, 4) is 0 Å². The molecule has 0 aliphatic carbocycles. The molecule has 0 aliphatic heterocycles. The summed E-state index contributed by atoms with van der Waals surface area (Å²) < 4.78 is 4.62. The zero-order chi connectivity index (χ0) is 12.4. The first kappa shape index (κ1) is 14.4. The largest absolute Gasteiger partial charge is 0.465 e. The minimum atomic E-state index is -0.344. The summed E-state index contributed by atoms with van der Waals surface area (Å²) in [4.78, 5) is 21.3. The predicted molar refractivity (Wildman–Crippen MR) is 64.0 cm³/mol. The highest BCUT2D eigenvalue weighted by molar-refractivity contribution is 5.91. The van der Waals surface area contributed by atoms with E-state index >= 15 is 0 Å². The van der Waals surface area contributed by atoms with E-state index < -0.39 is 0 Å². The first-order chi connectivity index (χ1) is 7.65.